The molecule has 0 atom stereocenters. The zero-order valence-corrected chi connectivity index (χ0v) is 15.8. The number of para-hydroxylation sites is 1. The van der Waals surface area contributed by atoms with Crippen molar-refractivity contribution in [2.75, 3.05) is 11.5 Å². The van der Waals surface area contributed by atoms with Crippen LogP contribution in [0.25, 0.3) is 6.08 Å². The first kappa shape index (κ1) is 19.3. The second-order valence-corrected chi connectivity index (χ2v) is 6.55. The number of imide groups is 2. The van der Waals surface area contributed by atoms with Gasteiger partial charge in [0.2, 0.25) is 0 Å². The van der Waals surface area contributed by atoms with Gasteiger partial charge in [-0.3, -0.25) is 14.9 Å². The van der Waals surface area contributed by atoms with E-state index in [0.717, 1.165) is 4.90 Å². The highest BCUT2D eigenvalue weighted by molar-refractivity contribution is 9.10. The summed E-state index contributed by atoms with van der Waals surface area (Å²) in [6, 6.07) is 11.9. The standard InChI is InChI=1S/C19H13BrN2O6/c20-12-5-3-6-13(9-12)22-18(26)14(17(25)21-19(22)27)8-11-4-1-2-7-15(11)28-10-16(23)24/h1-9H,10H2,(H,23,24)(H,21,25,27)/p-1/b14-8+. The Labute approximate surface area is 167 Å². The van der Waals surface area contributed by atoms with E-state index in [1.54, 1.807) is 36.4 Å². The van der Waals surface area contributed by atoms with Crippen LogP contribution in [0.5, 0.6) is 5.75 Å². The summed E-state index contributed by atoms with van der Waals surface area (Å²) in [7, 11) is 0. The molecular weight excluding hydrogens is 432 g/mol. The molecule has 1 saturated heterocycles. The summed E-state index contributed by atoms with van der Waals surface area (Å²) in [5.74, 6) is -2.96. The maximum atomic E-state index is 12.9. The average molecular weight is 444 g/mol. The van der Waals surface area contributed by atoms with Crippen LogP contribution in [0.2, 0.25) is 0 Å². The van der Waals surface area contributed by atoms with Crippen LogP contribution in [0.1, 0.15) is 5.56 Å². The van der Waals surface area contributed by atoms with Gasteiger partial charge in [0, 0.05) is 10.0 Å². The van der Waals surface area contributed by atoms with E-state index in [9.17, 15) is 24.3 Å². The van der Waals surface area contributed by atoms with E-state index in [-0.39, 0.29) is 17.0 Å². The summed E-state index contributed by atoms with van der Waals surface area (Å²) in [6.45, 7) is -0.691. The van der Waals surface area contributed by atoms with Crippen molar-refractivity contribution >= 4 is 51.5 Å². The summed E-state index contributed by atoms with van der Waals surface area (Å²) in [4.78, 5) is 48.8. The molecule has 28 heavy (non-hydrogen) atoms. The van der Waals surface area contributed by atoms with Crippen molar-refractivity contribution in [1.29, 1.82) is 0 Å². The van der Waals surface area contributed by atoms with Gasteiger partial charge in [0.15, 0.2) is 0 Å². The van der Waals surface area contributed by atoms with Gasteiger partial charge in [-0.25, -0.2) is 9.69 Å². The van der Waals surface area contributed by atoms with Crippen molar-refractivity contribution in [3.63, 3.8) is 0 Å². The monoisotopic (exact) mass is 443 g/mol. The number of amides is 4. The van der Waals surface area contributed by atoms with Crippen LogP contribution in [0.15, 0.2) is 58.6 Å². The molecule has 1 fully saturated rings. The average Bonchev–Trinajstić information content (AvgIpc) is 2.64. The first-order chi connectivity index (χ1) is 13.4. The molecule has 0 radical (unpaired) electrons. The van der Waals surface area contributed by atoms with Crippen molar-refractivity contribution in [2.24, 2.45) is 0 Å². The number of halogens is 1. The van der Waals surface area contributed by atoms with E-state index >= 15 is 0 Å². The van der Waals surface area contributed by atoms with Crippen molar-refractivity contribution in [3.05, 3.63) is 64.1 Å². The number of carboxylic acid groups (broad SMARTS) is 1. The number of ether oxygens (including phenoxy) is 1. The molecule has 4 amide bonds. The number of urea groups is 1. The maximum Gasteiger partial charge on any atom is 0.335 e. The normalized spacial score (nSPS) is 15.5. The fourth-order valence-corrected chi connectivity index (χ4v) is 2.92. The van der Waals surface area contributed by atoms with E-state index in [0.29, 0.717) is 10.0 Å². The predicted molar refractivity (Wildman–Crippen MR) is 100 cm³/mol. The first-order valence-corrected chi connectivity index (χ1v) is 8.75. The van der Waals surface area contributed by atoms with Gasteiger partial charge in [-0.1, -0.05) is 40.2 Å². The number of aliphatic carboxylic acids is 1. The fraction of sp³-hybridized carbons (Fsp3) is 0.0526. The van der Waals surface area contributed by atoms with E-state index < -0.39 is 30.4 Å². The summed E-state index contributed by atoms with van der Waals surface area (Å²) < 4.78 is 5.77. The highest BCUT2D eigenvalue weighted by Gasteiger charge is 2.37. The van der Waals surface area contributed by atoms with Crippen LogP contribution in [-0.4, -0.2) is 30.4 Å². The van der Waals surface area contributed by atoms with Crippen molar-refractivity contribution < 1.29 is 29.0 Å². The zero-order valence-electron chi connectivity index (χ0n) is 14.2. The third-order valence-electron chi connectivity index (χ3n) is 3.73. The third kappa shape index (κ3) is 4.09. The lowest BCUT2D eigenvalue weighted by atomic mass is 10.1. The fourth-order valence-electron chi connectivity index (χ4n) is 2.53. The maximum absolute atomic E-state index is 12.9. The SMILES string of the molecule is O=C([O-])COc1ccccc1/C=C1\C(=O)NC(=O)N(c2cccc(Br)c2)C1=O. The Morgan fingerprint density at radius 1 is 1.14 bits per heavy atom. The molecule has 142 valence electrons. The lowest BCUT2D eigenvalue weighted by molar-refractivity contribution is -0.307. The first-order valence-electron chi connectivity index (χ1n) is 7.95. The minimum Gasteiger partial charge on any atom is -0.546 e. The Kier molecular flexibility index (Phi) is 5.55. The summed E-state index contributed by atoms with van der Waals surface area (Å²) in [5.41, 5.74) is 0.270. The van der Waals surface area contributed by atoms with Gasteiger partial charge < -0.3 is 14.6 Å². The molecule has 2 aromatic carbocycles. The molecule has 0 aliphatic carbocycles. The number of carboxylic acids is 1. The number of barbiturate groups is 1. The highest BCUT2D eigenvalue weighted by atomic mass is 79.9. The number of rotatable bonds is 5. The minimum atomic E-state index is -1.42. The Hall–Kier alpha value is -3.46. The molecule has 1 N–H and O–H groups in total. The number of anilines is 1. The molecule has 0 aromatic heterocycles. The molecule has 0 spiro atoms. The molecule has 2 aromatic rings. The van der Waals surface area contributed by atoms with Crippen LogP contribution in [0, 0.1) is 0 Å². The van der Waals surface area contributed by atoms with Gasteiger partial charge in [0.1, 0.15) is 17.9 Å². The number of nitrogens with zero attached hydrogens (tertiary/aromatic N) is 1. The Balaban J connectivity index is 1.99. The van der Waals surface area contributed by atoms with Crippen LogP contribution >= 0.6 is 15.9 Å². The van der Waals surface area contributed by atoms with Gasteiger partial charge in [0.25, 0.3) is 11.8 Å². The Bertz CT molecular complexity index is 1020. The van der Waals surface area contributed by atoms with Gasteiger partial charge in [-0.05, 0) is 30.3 Å². The summed E-state index contributed by atoms with van der Waals surface area (Å²) in [5, 5.41) is 12.7. The number of carbonyl (C=O) groups is 4. The van der Waals surface area contributed by atoms with Crippen LogP contribution < -0.4 is 20.1 Å². The van der Waals surface area contributed by atoms with Gasteiger partial charge in [0.05, 0.1) is 11.7 Å². The number of carbonyl (C=O) groups excluding carboxylic acids is 4. The van der Waals surface area contributed by atoms with E-state index in [2.05, 4.69) is 21.2 Å². The molecule has 3 rings (SSSR count). The van der Waals surface area contributed by atoms with Crippen molar-refractivity contribution in [2.45, 2.75) is 0 Å². The summed E-state index contributed by atoms with van der Waals surface area (Å²) in [6.07, 6.45) is 1.24. The molecule has 1 aliphatic rings. The number of hydrogen-bond donors (Lipinski definition) is 1. The second-order valence-electron chi connectivity index (χ2n) is 5.64. The van der Waals surface area contributed by atoms with Crippen molar-refractivity contribution in [1.82, 2.24) is 5.32 Å². The predicted octanol–water partition coefficient (Wildman–Crippen LogP) is 1.24. The summed E-state index contributed by atoms with van der Waals surface area (Å²) >= 11 is 3.27. The minimum absolute atomic E-state index is 0.144. The number of nitrogens with one attached hydrogen (secondary N) is 1. The molecule has 9 heteroatoms. The molecule has 0 saturated carbocycles. The van der Waals surface area contributed by atoms with Gasteiger partial charge in [-0.2, -0.15) is 0 Å². The third-order valence-corrected chi connectivity index (χ3v) is 4.23. The lowest BCUT2D eigenvalue weighted by Crippen LogP contribution is -2.54. The van der Waals surface area contributed by atoms with Crippen LogP contribution in [0.3, 0.4) is 0 Å². The van der Waals surface area contributed by atoms with E-state index in [1.165, 1.54) is 18.2 Å². The zero-order chi connectivity index (χ0) is 20.3. The number of hydrogen-bond acceptors (Lipinski definition) is 6. The lowest BCUT2D eigenvalue weighted by Gasteiger charge is -2.26. The van der Waals surface area contributed by atoms with E-state index in [4.69, 9.17) is 4.74 Å². The van der Waals surface area contributed by atoms with Crippen LogP contribution in [0.4, 0.5) is 10.5 Å². The van der Waals surface area contributed by atoms with Gasteiger partial charge >= 0.3 is 6.03 Å². The molecule has 1 aliphatic heterocycles. The Morgan fingerprint density at radius 2 is 1.89 bits per heavy atom. The quantitative estimate of drug-likeness (QED) is 0.548. The van der Waals surface area contributed by atoms with E-state index in [1.807, 2.05) is 0 Å². The molecular formula is C19H12BrN2O6-. The molecule has 0 unspecified atom stereocenters. The highest BCUT2D eigenvalue weighted by Crippen LogP contribution is 2.26. The molecule has 1 heterocycles. The molecule has 0 bridgehead atoms. The number of benzene rings is 2. The van der Waals surface area contributed by atoms with Crippen molar-refractivity contribution in [3.8, 4) is 5.75 Å². The van der Waals surface area contributed by atoms with Crippen LogP contribution in [-0.2, 0) is 14.4 Å². The Morgan fingerprint density at radius 3 is 2.61 bits per heavy atom. The molecule has 8 nitrogen and oxygen atoms in total. The van der Waals surface area contributed by atoms with Gasteiger partial charge in [-0.15, -0.1) is 0 Å². The largest absolute Gasteiger partial charge is 0.546 e. The topological polar surface area (TPSA) is 116 Å². The second kappa shape index (κ2) is 8.05. The smallest absolute Gasteiger partial charge is 0.335 e.